The van der Waals surface area contributed by atoms with Crippen LogP contribution >= 0.6 is 0 Å². The Morgan fingerprint density at radius 2 is 2.00 bits per heavy atom. The first-order chi connectivity index (χ1) is 9.52. The third-order valence-electron chi connectivity index (χ3n) is 2.90. The number of aromatic nitrogens is 1. The Hall–Kier alpha value is -2.63. The van der Waals surface area contributed by atoms with Crippen molar-refractivity contribution in [2.75, 3.05) is 6.61 Å². The van der Waals surface area contributed by atoms with Crippen LogP contribution in [0.2, 0.25) is 0 Å². The van der Waals surface area contributed by atoms with Crippen molar-refractivity contribution in [3.05, 3.63) is 51.7 Å². The summed E-state index contributed by atoms with van der Waals surface area (Å²) in [4.78, 5) is 25.0. The number of rotatable bonds is 4. The highest BCUT2D eigenvalue weighted by molar-refractivity contribution is 5.92. The van der Waals surface area contributed by atoms with Crippen molar-refractivity contribution in [2.24, 2.45) is 0 Å². The number of nitro benzene ring substituents is 1. The molecule has 0 radical (unpaired) electrons. The number of ether oxygens (including phenoxy) is 1. The lowest BCUT2D eigenvalue weighted by molar-refractivity contribution is -0.384. The van der Waals surface area contributed by atoms with Crippen molar-refractivity contribution < 1.29 is 14.5 Å². The number of nitro groups is 1. The van der Waals surface area contributed by atoms with Crippen LogP contribution in [0.3, 0.4) is 0 Å². The van der Waals surface area contributed by atoms with Gasteiger partial charge in [-0.15, -0.1) is 0 Å². The van der Waals surface area contributed by atoms with Crippen molar-refractivity contribution >= 4 is 11.7 Å². The molecule has 0 saturated carbocycles. The molecule has 0 spiro atoms. The highest BCUT2D eigenvalue weighted by Gasteiger charge is 2.15. The van der Waals surface area contributed by atoms with Gasteiger partial charge in [0.15, 0.2) is 0 Å². The van der Waals surface area contributed by atoms with Crippen LogP contribution in [-0.4, -0.2) is 22.5 Å². The predicted octanol–water partition coefficient (Wildman–Crippen LogP) is 3.08. The molecule has 0 aliphatic carbocycles. The maximum atomic E-state index is 11.7. The predicted molar refractivity (Wildman–Crippen MR) is 73.6 cm³/mol. The Balaban J connectivity index is 2.32. The summed E-state index contributed by atoms with van der Waals surface area (Å²) < 4.78 is 4.96. The quantitative estimate of drug-likeness (QED) is 0.527. The third-order valence-corrected chi connectivity index (χ3v) is 2.90. The number of non-ortho nitro benzene ring substituents is 1. The number of nitrogens with one attached hydrogen (secondary N) is 1. The monoisotopic (exact) mass is 274 g/mol. The molecule has 2 rings (SSSR count). The molecule has 1 N–H and O–H groups in total. The molecule has 6 nitrogen and oxygen atoms in total. The summed E-state index contributed by atoms with van der Waals surface area (Å²) in [6.07, 6.45) is 0. The number of benzene rings is 1. The summed E-state index contributed by atoms with van der Waals surface area (Å²) in [7, 11) is 0. The number of nitrogens with zero attached hydrogens (tertiary/aromatic N) is 1. The lowest BCUT2D eigenvalue weighted by Gasteiger charge is -1.98. The first kappa shape index (κ1) is 13.8. The van der Waals surface area contributed by atoms with Gasteiger partial charge in [0.25, 0.3) is 5.69 Å². The normalized spacial score (nSPS) is 10.3. The maximum Gasteiger partial charge on any atom is 0.339 e. The topological polar surface area (TPSA) is 85.2 Å². The van der Waals surface area contributed by atoms with E-state index in [4.69, 9.17) is 4.74 Å². The van der Waals surface area contributed by atoms with E-state index in [1.54, 1.807) is 32.0 Å². The summed E-state index contributed by atoms with van der Waals surface area (Å²) in [5.74, 6) is -0.380. The summed E-state index contributed by atoms with van der Waals surface area (Å²) in [5, 5.41) is 10.6. The fourth-order valence-corrected chi connectivity index (χ4v) is 1.90. The van der Waals surface area contributed by atoms with Gasteiger partial charge in [0.2, 0.25) is 0 Å². The van der Waals surface area contributed by atoms with Gasteiger partial charge >= 0.3 is 5.97 Å². The number of esters is 1. The van der Waals surface area contributed by atoms with Gasteiger partial charge in [-0.2, -0.15) is 0 Å². The van der Waals surface area contributed by atoms with Gasteiger partial charge in [0, 0.05) is 23.5 Å². The van der Waals surface area contributed by atoms with Crippen LogP contribution in [0.5, 0.6) is 0 Å². The van der Waals surface area contributed by atoms with Gasteiger partial charge in [-0.05, 0) is 37.6 Å². The van der Waals surface area contributed by atoms with Gasteiger partial charge in [-0.3, -0.25) is 10.1 Å². The molecule has 0 bridgehead atoms. The first-order valence-corrected chi connectivity index (χ1v) is 6.14. The van der Waals surface area contributed by atoms with Gasteiger partial charge in [-0.1, -0.05) is 0 Å². The van der Waals surface area contributed by atoms with E-state index >= 15 is 0 Å². The summed E-state index contributed by atoms with van der Waals surface area (Å²) in [6, 6.07) is 7.82. The zero-order valence-electron chi connectivity index (χ0n) is 11.2. The Morgan fingerprint density at radius 3 is 2.55 bits per heavy atom. The SMILES string of the molecule is CCOC(=O)c1cc(-c2ccc([N+](=O)[O-])cc2)[nH]c1C. The molecule has 1 heterocycles. The van der Waals surface area contributed by atoms with Crippen LogP contribution in [-0.2, 0) is 4.74 Å². The molecule has 0 atom stereocenters. The molecular weight excluding hydrogens is 260 g/mol. The highest BCUT2D eigenvalue weighted by Crippen LogP contribution is 2.24. The van der Waals surface area contributed by atoms with E-state index in [-0.39, 0.29) is 11.7 Å². The van der Waals surface area contributed by atoms with Crippen molar-refractivity contribution in [3.8, 4) is 11.3 Å². The van der Waals surface area contributed by atoms with Crippen molar-refractivity contribution in [2.45, 2.75) is 13.8 Å². The van der Waals surface area contributed by atoms with Gasteiger partial charge in [-0.25, -0.2) is 4.79 Å². The molecule has 0 saturated heterocycles. The second kappa shape index (κ2) is 5.56. The minimum atomic E-state index is -0.451. The molecule has 0 amide bonds. The minimum Gasteiger partial charge on any atom is -0.462 e. The number of hydrogen-bond acceptors (Lipinski definition) is 4. The number of H-pyrrole nitrogens is 1. The molecular formula is C14H14N2O4. The minimum absolute atomic E-state index is 0.0302. The number of carbonyl (C=O) groups excluding carboxylic acids is 1. The number of hydrogen-bond donors (Lipinski definition) is 1. The third kappa shape index (κ3) is 2.69. The highest BCUT2D eigenvalue weighted by atomic mass is 16.6. The maximum absolute atomic E-state index is 11.7. The summed E-state index contributed by atoms with van der Waals surface area (Å²) in [6.45, 7) is 3.84. The first-order valence-electron chi connectivity index (χ1n) is 6.14. The van der Waals surface area contributed by atoms with E-state index in [2.05, 4.69) is 4.98 Å². The standard InChI is InChI=1S/C14H14N2O4/c1-3-20-14(17)12-8-13(15-9(12)2)10-4-6-11(7-5-10)16(18)19/h4-8,15H,3H2,1-2H3. The fourth-order valence-electron chi connectivity index (χ4n) is 1.90. The fraction of sp³-hybridized carbons (Fsp3) is 0.214. The van der Waals surface area contributed by atoms with Gasteiger partial charge in [0.1, 0.15) is 0 Å². The van der Waals surface area contributed by atoms with Crippen LogP contribution < -0.4 is 0 Å². The molecule has 104 valence electrons. The van der Waals surface area contributed by atoms with Gasteiger partial charge in [0.05, 0.1) is 17.1 Å². The van der Waals surface area contributed by atoms with E-state index in [1.807, 2.05) is 0 Å². The summed E-state index contributed by atoms with van der Waals surface area (Å²) >= 11 is 0. The van der Waals surface area contributed by atoms with Crippen LogP contribution in [0.25, 0.3) is 11.3 Å². The lowest BCUT2D eigenvalue weighted by atomic mass is 10.1. The average molecular weight is 274 g/mol. The summed E-state index contributed by atoms with van der Waals surface area (Å²) in [5.41, 5.74) is 2.70. The van der Waals surface area contributed by atoms with Crippen molar-refractivity contribution in [1.29, 1.82) is 0 Å². The van der Waals surface area contributed by atoms with Crippen LogP contribution in [0.15, 0.2) is 30.3 Å². The Kier molecular flexibility index (Phi) is 3.84. The molecule has 0 aliphatic heterocycles. The molecule has 0 aliphatic rings. The number of carbonyl (C=O) groups is 1. The molecule has 20 heavy (non-hydrogen) atoms. The Bertz CT molecular complexity index is 644. The smallest absolute Gasteiger partial charge is 0.339 e. The average Bonchev–Trinajstić information content (AvgIpc) is 2.81. The van der Waals surface area contributed by atoms with E-state index in [0.29, 0.717) is 17.9 Å². The Labute approximate surface area is 115 Å². The van der Waals surface area contributed by atoms with Crippen LogP contribution in [0.1, 0.15) is 23.0 Å². The Morgan fingerprint density at radius 1 is 1.35 bits per heavy atom. The molecule has 2 aromatic rings. The second-order valence-electron chi connectivity index (χ2n) is 4.25. The van der Waals surface area contributed by atoms with Crippen molar-refractivity contribution in [3.63, 3.8) is 0 Å². The van der Waals surface area contributed by atoms with Crippen LogP contribution in [0, 0.1) is 17.0 Å². The van der Waals surface area contributed by atoms with E-state index in [0.717, 1.165) is 11.3 Å². The number of aromatic amines is 1. The van der Waals surface area contributed by atoms with Crippen LogP contribution in [0.4, 0.5) is 5.69 Å². The number of aryl methyl sites for hydroxylation is 1. The van der Waals surface area contributed by atoms with E-state index in [9.17, 15) is 14.9 Å². The molecule has 1 aromatic heterocycles. The molecule has 0 fully saturated rings. The lowest BCUT2D eigenvalue weighted by Crippen LogP contribution is -2.04. The molecule has 0 unspecified atom stereocenters. The molecule has 6 heteroatoms. The zero-order valence-corrected chi connectivity index (χ0v) is 11.2. The second-order valence-corrected chi connectivity index (χ2v) is 4.25. The van der Waals surface area contributed by atoms with Gasteiger partial charge < -0.3 is 9.72 Å². The zero-order chi connectivity index (χ0) is 14.7. The van der Waals surface area contributed by atoms with E-state index < -0.39 is 4.92 Å². The van der Waals surface area contributed by atoms with Crippen molar-refractivity contribution in [1.82, 2.24) is 4.98 Å². The van der Waals surface area contributed by atoms with E-state index in [1.165, 1.54) is 12.1 Å². The molecule has 1 aromatic carbocycles. The largest absolute Gasteiger partial charge is 0.462 e.